The molecule has 72 valence electrons. The van der Waals surface area contributed by atoms with Gasteiger partial charge in [0, 0.05) is 5.56 Å². The van der Waals surface area contributed by atoms with E-state index in [2.05, 4.69) is 16.2 Å². The van der Waals surface area contributed by atoms with Crippen LogP contribution in [0.2, 0.25) is 0 Å². The van der Waals surface area contributed by atoms with Crippen molar-refractivity contribution in [2.45, 2.75) is 13.8 Å². The van der Waals surface area contributed by atoms with E-state index in [1.165, 1.54) is 5.56 Å². The summed E-state index contributed by atoms with van der Waals surface area (Å²) in [5.74, 6) is 0.639. The van der Waals surface area contributed by atoms with Crippen molar-refractivity contribution in [2.75, 3.05) is 5.73 Å². The largest absolute Gasteiger partial charge is 0.365 e. The Hall–Kier alpha value is -1.84. The third-order valence-corrected chi connectivity index (χ3v) is 2.05. The Morgan fingerprint density at radius 3 is 2.64 bits per heavy atom. The molecule has 2 rings (SSSR count). The van der Waals surface area contributed by atoms with E-state index < -0.39 is 0 Å². The topological polar surface area (TPSA) is 64.9 Å². The predicted octanol–water partition coefficient (Wildman–Crippen LogP) is 1.94. The second-order valence-corrected chi connectivity index (χ2v) is 3.28. The molecule has 0 spiro atoms. The Balaban J connectivity index is 2.52. The molecule has 0 atom stereocenters. The van der Waals surface area contributed by atoms with Crippen molar-refractivity contribution in [2.24, 2.45) is 0 Å². The van der Waals surface area contributed by atoms with Crippen LogP contribution in [0.15, 0.2) is 22.7 Å². The van der Waals surface area contributed by atoms with Crippen LogP contribution in [0, 0.1) is 13.8 Å². The summed E-state index contributed by atoms with van der Waals surface area (Å²) in [6.45, 7) is 4.04. The first kappa shape index (κ1) is 8.74. The molecule has 0 unspecified atom stereocenters. The van der Waals surface area contributed by atoms with Crippen LogP contribution in [0.1, 0.15) is 11.1 Å². The van der Waals surface area contributed by atoms with Gasteiger partial charge in [0.25, 0.3) is 11.8 Å². The van der Waals surface area contributed by atoms with Crippen molar-refractivity contribution in [3.63, 3.8) is 0 Å². The molecule has 0 saturated carbocycles. The van der Waals surface area contributed by atoms with Crippen LogP contribution in [0.3, 0.4) is 0 Å². The van der Waals surface area contributed by atoms with E-state index >= 15 is 0 Å². The van der Waals surface area contributed by atoms with Gasteiger partial charge < -0.3 is 10.3 Å². The van der Waals surface area contributed by atoms with Gasteiger partial charge in [-0.1, -0.05) is 17.7 Å². The average Bonchev–Trinajstić information content (AvgIpc) is 2.51. The molecule has 1 aromatic carbocycles. The highest BCUT2D eigenvalue weighted by atomic mass is 16.5. The molecule has 0 saturated heterocycles. The molecule has 0 aliphatic carbocycles. The maximum absolute atomic E-state index is 5.38. The molecule has 2 aromatic rings. The molecule has 1 aromatic heterocycles. The fourth-order valence-electron chi connectivity index (χ4n) is 1.40. The minimum Gasteiger partial charge on any atom is -0.365 e. The Morgan fingerprint density at radius 2 is 2.07 bits per heavy atom. The maximum atomic E-state index is 5.38. The molecule has 4 heteroatoms. The highest BCUT2D eigenvalue weighted by molar-refractivity contribution is 5.59. The molecule has 0 amide bonds. The van der Waals surface area contributed by atoms with E-state index in [0.717, 1.165) is 11.1 Å². The maximum Gasteiger partial charge on any atom is 0.261 e. The molecule has 4 nitrogen and oxygen atoms in total. The van der Waals surface area contributed by atoms with E-state index in [1.54, 1.807) is 0 Å². The van der Waals surface area contributed by atoms with Crippen molar-refractivity contribution >= 4 is 5.95 Å². The second-order valence-electron chi connectivity index (χ2n) is 3.28. The van der Waals surface area contributed by atoms with Gasteiger partial charge in [0.05, 0.1) is 0 Å². The lowest BCUT2D eigenvalue weighted by molar-refractivity contribution is 0.433. The number of anilines is 1. The van der Waals surface area contributed by atoms with Crippen LogP contribution < -0.4 is 5.73 Å². The summed E-state index contributed by atoms with van der Waals surface area (Å²) in [5, 5.41) is 3.55. The minimum atomic E-state index is 0.167. The van der Waals surface area contributed by atoms with Crippen molar-refractivity contribution < 1.29 is 4.52 Å². The molecule has 14 heavy (non-hydrogen) atoms. The zero-order chi connectivity index (χ0) is 10.1. The first-order chi connectivity index (χ1) is 6.66. The van der Waals surface area contributed by atoms with Gasteiger partial charge in [-0.3, -0.25) is 0 Å². The summed E-state index contributed by atoms with van der Waals surface area (Å²) >= 11 is 0. The number of hydrogen-bond acceptors (Lipinski definition) is 4. The number of aromatic nitrogens is 2. The van der Waals surface area contributed by atoms with Gasteiger partial charge >= 0.3 is 0 Å². The fourth-order valence-corrected chi connectivity index (χ4v) is 1.40. The van der Waals surface area contributed by atoms with E-state index in [4.69, 9.17) is 10.3 Å². The van der Waals surface area contributed by atoms with Gasteiger partial charge in [-0.15, -0.1) is 0 Å². The Kier molecular flexibility index (Phi) is 1.96. The Labute approximate surface area is 81.7 Å². The third kappa shape index (κ3) is 1.46. The molecule has 0 fully saturated rings. The molecule has 2 N–H and O–H groups in total. The highest BCUT2D eigenvalue weighted by Gasteiger charge is 2.08. The normalized spacial score (nSPS) is 10.4. The fraction of sp³-hybridized carbons (Fsp3) is 0.200. The number of nitrogen functional groups attached to an aromatic ring is 1. The lowest BCUT2D eigenvalue weighted by Gasteiger charge is -2.00. The van der Waals surface area contributed by atoms with Crippen molar-refractivity contribution in [3.05, 3.63) is 29.3 Å². The minimum absolute atomic E-state index is 0.167. The number of benzene rings is 1. The summed E-state index contributed by atoms with van der Waals surface area (Å²) in [6.07, 6.45) is 0. The summed E-state index contributed by atoms with van der Waals surface area (Å²) < 4.78 is 4.98. The van der Waals surface area contributed by atoms with Gasteiger partial charge in [-0.2, -0.15) is 4.98 Å². The number of rotatable bonds is 1. The van der Waals surface area contributed by atoms with Crippen LogP contribution in [0.5, 0.6) is 0 Å². The van der Waals surface area contributed by atoms with Crippen molar-refractivity contribution in [1.29, 1.82) is 0 Å². The lowest BCUT2D eigenvalue weighted by atomic mass is 10.1. The van der Waals surface area contributed by atoms with Gasteiger partial charge in [0.1, 0.15) is 0 Å². The van der Waals surface area contributed by atoms with Crippen LogP contribution in [-0.2, 0) is 0 Å². The first-order valence-electron chi connectivity index (χ1n) is 4.33. The summed E-state index contributed by atoms with van der Waals surface area (Å²) in [4.78, 5) is 3.97. The standard InChI is InChI=1S/C10H11N3O/c1-6-3-4-8(7(2)5-6)9-12-10(11)13-14-9/h3-5H,1-2H3,(H2,11,13). The van der Waals surface area contributed by atoms with Gasteiger partial charge in [-0.05, 0) is 30.6 Å². The Morgan fingerprint density at radius 1 is 1.29 bits per heavy atom. The number of hydrogen-bond donors (Lipinski definition) is 1. The van der Waals surface area contributed by atoms with Crippen LogP contribution in [0.25, 0.3) is 11.5 Å². The molecule has 0 aliphatic heterocycles. The average molecular weight is 189 g/mol. The number of nitrogens with two attached hydrogens (primary N) is 1. The van der Waals surface area contributed by atoms with E-state index in [-0.39, 0.29) is 5.95 Å². The zero-order valence-corrected chi connectivity index (χ0v) is 8.11. The molecular weight excluding hydrogens is 178 g/mol. The van der Waals surface area contributed by atoms with Gasteiger partial charge in [-0.25, -0.2) is 0 Å². The highest BCUT2D eigenvalue weighted by Crippen LogP contribution is 2.22. The molecular formula is C10H11N3O. The quantitative estimate of drug-likeness (QED) is 0.744. The summed E-state index contributed by atoms with van der Waals surface area (Å²) in [5.41, 5.74) is 8.62. The third-order valence-electron chi connectivity index (χ3n) is 2.05. The zero-order valence-electron chi connectivity index (χ0n) is 8.11. The lowest BCUT2D eigenvalue weighted by Crippen LogP contribution is -1.87. The SMILES string of the molecule is Cc1ccc(-c2nc(N)no2)c(C)c1. The molecule has 1 heterocycles. The number of aryl methyl sites for hydroxylation is 2. The van der Waals surface area contributed by atoms with E-state index in [9.17, 15) is 0 Å². The Bertz CT molecular complexity index is 462. The molecule has 0 bridgehead atoms. The number of nitrogens with zero attached hydrogens (tertiary/aromatic N) is 2. The van der Waals surface area contributed by atoms with Gasteiger partial charge in [0.15, 0.2) is 0 Å². The monoisotopic (exact) mass is 189 g/mol. The van der Waals surface area contributed by atoms with Crippen molar-refractivity contribution in [3.8, 4) is 11.5 Å². The molecule has 0 aliphatic rings. The van der Waals surface area contributed by atoms with Crippen LogP contribution >= 0.6 is 0 Å². The van der Waals surface area contributed by atoms with E-state index in [0.29, 0.717) is 5.89 Å². The van der Waals surface area contributed by atoms with Gasteiger partial charge in [0.2, 0.25) is 0 Å². The predicted molar refractivity (Wildman–Crippen MR) is 53.6 cm³/mol. The van der Waals surface area contributed by atoms with Crippen LogP contribution in [-0.4, -0.2) is 10.1 Å². The summed E-state index contributed by atoms with van der Waals surface area (Å²) in [7, 11) is 0. The first-order valence-corrected chi connectivity index (χ1v) is 4.33. The molecule has 0 radical (unpaired) electrons. The smallest absolute Gasteiger partial charge is 0.261 e. The second kappa shape index (κ2) is 3.14. The van der Waals surface area contributed by atoms with E-state index in [1.807, 2.05) is 26.0 Å². The van der Waals surface area contributed by atoms with Crippen LogP contribution in [0.4, 0.5) is 5.95 Å². The van der Waals surface area contributed by atoms with Crippen molar-refractivity contribution in [1.82, 2.24) is 10.1 Å². The summed E-state index contributed by atoms with van der Waals surface area (Å²) in [6, 6.07) is 6.02.